The fourth-order valence-corrected chi connectivity index (χ4v) is 11.3. The molecule has 3 fully saturated rings. The molecule has 4 nitrogen and oxygen atoms in total. The highest BCUT2D eigenvalue weighted by molar-refractivity contribution is 7.76. The molecule has 0 aromatic carbocycles. The fraction of sp³-hybridized carbons (Fsp3) is 0.682. The lowest BCUT2D eigenvalue weighted by atomic mass is 9.87. The van der Waals surface area contributed by atoms with E-state index in [4.69, 9.17) is 0 Å². The summed E-state index contributed by atoms with van der Waals surface area (Å²) in [5.74, 6) is 5.55. The summed E-state index contributed by atoms with van der Waals surface area (Å²) >= 11 is 0. The minimum Gasteiger partial charge on any atom is -0.234 e. The molecule has 3 saturated carbocycles. The van der Waals surface area contributed by atoms with E-state index in [0.717, 1.165) is 51.4 Å². The van der Waals surface area contributed by atoms with Crippen molar-refractivity contribution in [2.45, 2.75) is 94.0 Å². The Bertz CT molecular complexity index is 781. The summed E-state index contributed by atoms with van der Waals surface area (Å²) in [5.41, 5.74) is 3.30. The summed E-state index contributed by atoms with van der Waals surface area (Å²) in [7, 11) is 0. The van der Waals surface area contributed by atoms with E-state index >= 15 is 0 Å². The van der Waals surface area contributed by atoms with Crippen LogP contribution in [-0.4, -0.2) is 40.5 Å². The topological polar surface area (TPSA) is 68.3 Å². The standard InChI is InChI=1S/C22H27O4P/c23-13-17-11-12-22(21(15-25)20(17)14-24)27(16-26,18-7-3-1-4-8-18)19-9-5-2-6-10-19/h18-19,22H,1-12H2. The van der Waals surface area contributed by atoms with Crippen molar-refractivity contribution in [1.29, 1.82) is 0 Å². The molecule has 27 heavy (non-hydrogen) atoms. The highest BCUT2D eigenvalue weighted by Gasteiger charge is 2.48. The van der Waals surface area contributed by atoms with Crippen LogP contribution in [0.4, 0.5) is 0 Å². The predicted octanol–water partition coefficient (Wildman–Crippen LogP) is 4.17. The number of hydrogen-bond donors (Lipinski definition) is 0. The lowest BCUT2D eigenvalue weighted by molar-refractivity contribution is 0.477. The van der Waals surface area contributed by atoms with E-state index in [1.807, 2.05) is 5.94 Å². The molecular formula is C22H27O4P. The van der Waals surface area contributed by atoms with Gasteiger partial charge < -0.3 is 0 Å². The Labute approximate surface area is 160 Å². The van der Waals surface area contributed by atoms with Crippen LogP contribution >= 0.6 is 6.89 Å². The highest BCUT2D eigenvalue weighted by atomic mass is 31.2. The molecule has 0 radical (unpaired) electrons. The van der Waals surface area contributed by atoms with Crippen LogP contribution in [0.15, 0.2) is 16.7 Å². The Hall–Kier alpha value is -1.64. The highest BCUT2D eigenvalue weighted by Crippen LogP contribution is 2.69. The first kappa shape index (κ1) is 20.1. The van der Waals surface area contributed by atoms with Gasteiger partial charge in [-0.15, -0.1) is 0 Å². The average molecular weight is 386 g/mol. The molecule has 0 spiro atoms. The molecule has 1 atom stereocenters. The minimum atomic E-state index is -2.31. The van der Waals surface area contributed by atoms with E-state index in [1.165, 1.54) is 12.8 Å². The van der Waals surface area contributed by atoms with Crippen LogP contribution < -0.4 is 0 Å². The van der Waals surface area contributed by atoms with E-state index in [0.29, 0.717) is 12.8 Å². The van der Waals surface area contributed by atoms with Gasteiger partial charge in [0, 0.05) is 5.66 Å². The average Bonchev–Trinajstić information content (AvgIpc) is 2.75. The molecule has 3 aliphatic rings. The Kier molecular flexibility index (Phi) is 6.73. The summed E-state index contributed by atoms with van der Waals surface area (Å²) in [5, 5.41) is 0. The SMILES string of the molecule is O=C=C1CCC(P(=C=O)(C2CCCCC2)C2CCCCC2)C(=C=O)C1=C=O. The maximum absolute atomic E-state index is 12.7. The quantitative estimate of drug-likeness (QED) is 0.539. The van der Waals surface area contributed by atoms with Crippen molar-refractivity contribution >= 4 is 30.4 Å². The zero-order chi connectivity index (χ0) is 19.3. The summed E-state index contributed by atoms with van der Waals surface area (Å²) in [6.07, 6.45) is 11.8. The van der Waals surface area contributed by atoms with Gasteiger partial charge in [0.15, 0.2) is 0 Å². The summed E-state index contributed by atoms with van der Waals surface area (Å²) in [6, 6.07) is 0. The minimum absolute atomic E-state index is 0.0162. The van der Waals surface area contributed by atoms with Gasteiger partial charge in [-0.05, 0) is 56.7 Å². The van der Waals surface area contributed by atoms with Gasteiger partial charge >= 0.3 is 0 Å². The van der Waals surface area contributed by atoms with Crippen molar-refractivity contribution in [3.8, 4) is 0 Å². The predicted molar refractivity (Wildman–Crippen MR) is 107 cm³/mol. The van der Waals surface area contributed by atoms with Gasteiger partial charge in [0.2, 0.25) is 0 Å². The maximum atomic E-state index is 12.7. The van der Waals surface area contributed by atoms with Crippen LogP contribution in [0, 0.1) is 0 Å². The molecule has 1 unspecified atom stereocenters. The number of hydrogen-bond acceptors (Lipinski definition) is 4. The molecule has 144 valence electrons. The molecule has 0 aromatic rings. The molecule has 5 heteroatoms. The Morgan fingerprint density at radius 3 is 1.63 bits per heavy atom. The molecule has 0 N–H and O–H groups in total. The van der Waals surface area contributed by atoms with Gasteiger partial charge in [-0.3, -0.25) is 0 Å². The smallest absolute Gasteiger partial charge is 0.134 e. The summed E-state index contributed by atoms with van der Waals surface area (Å²) in [6.45, 7) is -2.31. The third-order valence-electron chi connectivity index (χ3n) is 6.94. The second-order valence-corrected chi connectivity index (χ2v) is 12.1. The van der Waals surface area contributed by atoms with Crippen molar-refractivity contribution in [3.63, 3.8) is 0 Å². The number of carbonyl (C=O) groups excluding carboxylic acids is 4. The molecule has 0 aliphatic heterocycles. The van der Waals surface area contributed by atoms with Gasteiger partial charge in [-0.1, -0.05) is 38.5 Å². The Morgan fingerprint density at radius 2 is 1.22 bits per heavy atom. The lowest BCUT2D eigenvalue weighted by Gasteiger charge is -2.46. The normalized spacial score (nSPS) is 25.3. The largest absolute Gasteiger partial charge is 0.234 e. The molecule has 0 aromatic heterocycles. The van der Waals surface area contributed by atoms with Crippen LogP contribution in [0.5, 0.6) is 0 Å². The third-order valence-corrected chi connectivity index (χ3v) is 12.3. The first-order valence-corrected chi connectivity index (χ1v) is 12.2. The summed E-state index contributed by atoms with van der Waals surface area (Å²) < 4.78 is 0. The van der Waals surface area contributed by atoms with Crippen molar-refractivity contribution < 1.29 is 19.2 Å². The van der Waals surface area contributed by atoms with E-state index < -0.39 is 6.89 Å². The van der Waals surface area contributed by atoms with Gasteiger partial charge in [0.25, 0.3) is 0 Å². The van der Waals surface area contributed by atoms with Crippen LogP contribution in [-0.2, 0) is 19.2 Å². The zero-order valence-electron chi connectivity index (χ0n) is 15.8. The van der Waals surface area contributed by atoms with Crippen LogP contribution in [0.3, 0.4) is 0 Å². The molecule has 0 amide bonds. The molecule has 3 rings (SSSR count). The van der Waals surface area contributed by atoms with Gasteiger partial charge in [-0.25, -0.2) is 19.2 Å². The Morgan fingerprint density at radius 1 is 0.667 bits per heavy atom. The first-order valence-electron chi connectivity index (χ1n) is 10.2. The van der Waals surface area contributed by atoms with Crippen LogP contribution in [0.25, 0.3) is 0 Å². The van der Waals surface area contributed by atoms with E-state index in [1.54, 1.807) is 11.9 Å². The maximum Gasteiger partial charge on any atom is 0.134 e. The van der Waals surface area contributed by atoms with E-state index in [-0.39, 0.29) is 33.7 Å². The molecule has 0 bridgehead atoms. The monoisotopic (exact) mass is 386 g/mol. The zero-order valence-corrected chi connectivity index (χ0v) is 16.7. The number of allylic oxidation sites excluding steroid dienone is 3. The van der Waals surface area contributed by atoms with Crippen molar-refractivity contribution in [3.05, 3.63) is 16.7 Å². The van der Waals surface area contributed by atoms with Crippen LogP contribution in [0.1, 0.15) is 77.0 Å². The molecule has 3 aliphatic carbocycles. The Balaban J connectivity index is 2.15. The van der Waals surface area contributed by atoms with E-state index in [2.05, 4.69) is 5.66 Å². The van der Waals surface area contributed by atoms with Gasteiger partial charge in [-0.2, -0.15) is 0 Å². The van der Waals surface area contributed by atoms with Crippen LogP contribution in [0.2, 0.25) is 0 Å². The van der Waals surface area contributed by atoms with Gasteiger partial charge in [0.1, 0.15) is 23.5 Å². The van der Waals surface area contributed by atoms with Crippen molar-refractivity contribution in [2.24, 2.45) is 0 Å². The second kappa shape index (κ2) is 9.03. The molecule has 0 heterocycles. The van der Waals surface area contributed by atoms with E-state index in [9.17, 15) is 19.2 Å². The van der Waals surface area contributed by atoms with Crippen molar-refractivity contribution in [1.82, 2.24) is 0 Å². The van der Waals surface area contributed by atoms with Crippen molar-refractivity contribution in [2.75, 3.05) is 0 Å². The fourth-order valence-electron chi connectivity index (χ4n) is 5.68. The molecular weight excluding hydrogens is 359 g/mol. The second-order valence-electron chi connectivity index (χ2n) is 8.14. The third kappa shape index (κ3) is 3.58. The molecule has 0 saturated heterocycles. The first-order chi connectivity index (χ1) is 13.2. The van der Waals surface area contributed by atoms with Gasteiger partial charge in [0.05, 0.1) is 16.7 Å². The summed E-state index contributed by atoms with van der Waals surface area (Å²) in [4.78, 5) is 47.4. The number of rotatable bonds is 3. The lowest BCUT2D eigenvalue weighted by Crippen LogP contribution is -2.34.